The number of carboxylic acids is 1. The molecule has 0 saturated heterocycles. The number of para-hydroxylation sites is 1. The zero-order valence-corrected chi connectivity index (χ0v) is 13.3. The third kappa shape index (κ3) is 4.47. The third-order valence-corrected chi connectivity index (χ3v) is 3.54. The number of nitrogens with one attached hydrogen (secondary N) is 1. The second-order valence-electron chi connectivity index (χ2n) is 4.86. The number of anilines is 1. The molecule has 23 heavy (non-hydrogen) atoms. The van der Waals surface area contributed by atoms with Crippen molar-refractivity contribution < 1.29 is 19.4 Å². The number of carbonyl (C=O) groups excluding carboxylic acids is 1. The number of carboxylic acid groups (broad SMARTS) is 1. The first kappa shape index (κ1) is 16.8. The van der Waals surface area contributed by atoms with Crippen molar-refractivity contribution in [3.63, 3.8) is 0 Å². The summed E-state index contributed by atoms with van der Waals surface area (Å²) in [6, 6.07) is 11.7. The number of carbonyl (C=O) groups is 2. The zero-order chi connectivity index (χ0) is 16.8. The Labute approximate surface area is 138 Å². The highest BCUT2D eigenvalue weighted by Gasteiger charge is 2.13. The van der Waals surface area contributed by atoms with E-state index in [2.05, 4.69) is 5.32 Å². The largest absolute Gasteiger partial charge is 0.496 e. The van der Waals surface area contributed by atoms with E-state index in [1.54, 1.807) is 7.11 Å². The number of hydrogen-bond donors (Lipinski definition) is 2. The Balaban J connectivity index is 2.05. The van der Waals surface area contributed by atoms with Crippen molar-refractivity contribution in [3.8, 4) is 5.75 Å². The standard InChI is InChI=1S/C17H16ClNO4/c1-23-15-5-3-2-4-11(15)6-9-16(20)19-14-10-12(18)7-8-13(14)17(21)22/h2-5,7-8,10H,6,9H2,1H3,(H,19,20)(H,21,22). The van der Waals surface area contributed by atoms with Gasteiger partial charge in [-0.15, -0.1) is 0 Å². The molecule has 0 aliphatic rings. The van der Waals surface area contributed by atoms with Crippen LogP contribution in [0.3, 0.4) is 0 Å². The summed E-state index contributed by atoms with van der Waals surface area (Å²) in [5.74, 6) is -0.698. The van der Waals surface area contributed by atoms with Gasteiger partial charge in [-0.2, -0.15) is 0 Å². The van der Waals surface area contributed by atoms with E-state index in [-0.39, 0.29) is 23.6 Å². The van der Waals surface area contributed by atoms with Gasteiger partial charge in [-0.3, -0.25) is 4.79 Å². The van der Waals surface area contributed by atoms with Gasteiger partial charge in [0.2, 0.25) is 5.91 Å². The topological polar surface area (TPSA) is 75.6 Å². The molecule has 2 aromatic carbocycles. The number of rotatable bonds is 6. The lowest BCUT2D eigenvalue weighted by atomic mass is 10.1. The molecule has 120 valence electrons. The molecule has 0 fully saturated rings. The van der Waals surface area contributed by atoms with Crippen LogP contribution in [0.25, 0.3) is 0 Å². The second-order valence-corrected chi connectivity index (χ2v) is 5.29. The molecule has 5 nitrogen and oxygen atoms in total. The molecule has 0 unspecified atom stereocenters. The maximum absolute atomic E-state index is 12.1. The first-order chi connectivity index (χ1) is 11.0. The Bertz CT molecular complexity index is 730. The molecule has 0 bridgehead atoms. The predicted molar refractivity (Wildman–Crippen MR) is 88.4 cm³/mol. The summed E-state index contributed by atoms with van der Waals surface area (Å²) < 4.78 is 5.24. The van der Waals surface area contributed by atoms with Gasteiger partial charge < -0.3 is 15.2 Å². The van der Waals surface area contributed by atoms with Gasteiger partial charge in [0, 0.05) is 11.4 Å². The SMILES string of the molecule is COc1ccccc1CCC(=O)Nc1cc(Cl)ccc1C(=O)O. The molecule has 1 amide bonds. The Morgan fingerprint density at radius 2 is 1.96 bits per heavy atom. The molecule has 0 aliphatic carbocycles. The fourth-order valence-electron chi connectivity index (χ4n) is 2.18. The van der Waals surface area contributed by atoms with Gasteiger partial charge in [-0.05, 0) is 36.2 Å². The number of ether oxygens (including phenoxy) is 1. The fourth-order valence-corrected chi connectivity index (χ4v) is 2.35. The number of aromatic carboxylic acids is 1. The van der Waals surface area contributed by atoms with E-state index >= 15 is 0 Å². The number of hydrogen-bond acceptors (Lipinski definition) is 3. The summed E-state index contributed by atoms with van der Waals surface area (Å²) in [7, 11) is 1.57. The Morgan fingerprint density at radius 1 is 1.22 bits per heavy atom. The van der Waals surface area contributed by atoms with E-state index < -0.39 is 5.97 Å². The summed E-state index contributed by atoms with van der Waals surface area (Å²) in [5, 5.41) is 12.1. The molecule has 0 aromatic heterocycles. The molecule has 0 heterocycles. The van der Waals surface area contributed by atoms with Crippen LogP contribution >= 0.6 is 11.6 Å². The van der Waals surface area contributed by atoms with Crippen LogP contribution < -0.4 is 10.1 Å². The molecule has 0 radical (unpaired) electrons. The van der Waals surface area contributed by atoms with Gasteiger partial charge in [-0.1, -0.05) is 29.8 Å². The van der Waals surface area contributed by atoms with Crippen molar-refractivity contribution in [2.45, 2.75) is 12.8 Å². The molecule has 0 saturated carbocycles. The van der Waals surface area contributed by atoms with Gasteiger partial charge in [0.15, 0.2) is 0 Å². The number of methoxy groups -OCH3 is 1. The highest BCUT2D eigenvalue weighted by molar-refractivity contribution is 6.31. The Morgan fingerprint density at radius 3 is 2.65 bits per heavy atom. The smallest absolute Gasteiger partial charge is 0.337 e. The van der Waals surface area contributed by atoms with Crippen LogP contribution in [-0.4, -0.2) is 24.1 Å². The molecule has 2 aromatic rings. The maximum atomic E-state index is 12.1. The van der Waals surface area contributed by atoms with Gasteiger partial charge >= 0.3 is 5.97 Å². The van der Waals surface area contributed by atoms with Crippen LogP contribution in [0.15, 0.2) is 42.5 Å². The average Bonchev–Trinajstić information content (AvgIpc) is 2.53. The highest BCUT2D eigenvalue weighted by Crippen LogP contribution is 2.22. The number of aryl methyl sites for hydroxylation is 1. The van der Waals surface area contributed by atoms with Crippen LogP contribution in [0.1, 0.15) is 22.3 Å². The molecule has 2 rings (SSSR count). The summed E-state index contributed by atoms with van der Waals surface area (Å²) in [5.41, 5.74) is 1.10. The number of benzene rings is 2. The van der Waals surface area contributed by atoms with E-state index in [1.165, 1.54) is 18.2 Å². The molecule has 0 spiro atoms. The van der Waals surface area contributed by atoms with Gasteiger partial charge in [0.1, 0.15) is 5.75 Å². The van der Waals surface area contributed by atoms with Gasteiger partial charge in [0.05, 0.1) is 18.4 Å². The first-order valence-corrected chi connectivity index (χ1v) is 7.33. The van der Waals surface area contributed by atoms with Crippen molar-refractivity contribution in [1.29, 1.82) is 0 Å². The molecular formula is C17H16ClNO4. The van der Waals surface area contributed by atoms with Crippen molar-refractivity contribution in [1.82, 2.24) is 0 Å². The third-order valence-electron chi connectivity index (χ3n) is 3.30. The van der Waals surface area contributed by atoms with E-state index in [9.17, 15) is 9.59 Å². The second kappa shape index (κ2) is 7.65. The Kier molecular flexibility index (Phi) is 5.60. The first-order valence-electron chi connectivity index (χ1n) is 6.96. The van der Waals surface area contributed by atoms with Crippen molar-refractivity contribution >= 4 is 29.2 Å². The zero-order valence-electron chi connectivity index (χ0n) is 12.5. The summed E-state index contributed by atoms with van der Waals surface area (Å²) >= 11 is 5.86. The van der Waals surface area contributed by atoms with Crippen LogP contribution in [0.5, 0.6) is 5.75 Å². The maximum Gasteiger partial charge on any atom is 0.337 e. The lowest BCUT2D eigenvalue weighted by Crippen LogP contribution is -2.15. The molecule has 6 heteroatoms. The van der Waals surface area contributed by atoms with Crippen molar-refractivity contribution in [3.05, 3.63) is 58.6 Å². The van der Waals surface area contributed by atoms with Crippen LogP contribution in [-0.2, 0) is 11.2 Å². The summed E-state index contributed by atoms with van der Waals surface area (Å²) in [6.45, 7) is 0. The lowest BCUT2D eigenvalue weighted by Gasteiger charge is -2.10. The predicted octanol–water partition coefficient (Wildman–Crippen LogP) is 3.62. The molecular weight excluding hydrogens is 318 g/mol. The van der Waals surface area contributed by atoms with E-state index in [0.717, 1.165) is 5.56 Å². The van der Waals surface area contributed by atoms with Crippen LogP contribution in [0.4, 0.5) is 5.69 Å². The van der Waals surface area contributed by atoms with Gasteiger partial charge in [-0.25, -0.2) is 4.79 Å². The number of halogens is 1. The summed E-state index contributed by atoms with van der Waals surface area (Å²) in [6.07, 6.45) is 0.685. The minimum Gasteiger partial charge on any atom is -0.496 e. The monoisotopic (exact) mass is 333 g/mol. The highest BCUT2D eigenvalue weighted by atomic mass is 35.5. The van der Waals surface area contributed by atoms with E-state index in [0.29, 0.717) is 17.2 Å². The minimum absolute atomic E-state index is 0.0000386. The number of amides is 1. The normalized spacial score (nSPS) is 10.2. The molecule has 2 N–H and O–H groups in total. The van der Waals surface area contributed by atoms with Gasteiger partial charge in [0.25, 0.3) is 0 Å². The lowest BCUT2D eigenvalue weighted by molar-refractivity contribution is -0.116. The van der Waals surface area contributed by atoms with E-state index in [1.807, 2.05) is 24.3 Å². The molecule has 0 atom stereocenters. The fraction of sp³-hybridized carbons (Fsp3) is 0.176. The van der Waals surface area contributed by atoms with Crippen molar-refractivity contribution in [2.75, 3.05) is 12.4 Å². The van der Waals surface area contributed by atoms with E-state index in [4.69, 9.17) is 21.4 Å². The molecule has 0 aliphatic heterocycles. The van der Waals surface area contributed by atoms with Crippen molar-refractivity contribution in [2.24, 2.45) is 0 Å². The average molecular weight is 334 g/mol. The van der Waals surface area contributed by atoms with Crippen LogP contribution in [0, 0.1) is 0 Å². The quantitative estimate of drug-likeness (QED) is 0.846. The summed E-state index contributed by atoms with van der Waals surface area (Å²) in [4.78, 5) is 23.3. The van der Waals surface area contributed by atoms with Crippen LogP contribution in [0.2, 0.25) is 5.02 Å². The Hall–Kier alpha value is -2.53. The minimum atomic E-state index is -1.12.